The summed E-state index contributed by atoms with van der Waals surface area (Å²) in [4.78, 5) is 24.3. The number of ether oxygens (including phenoxy) is 2. The van der Waals surface area contributed by atoms with Crippen LogP contribution in [0.25, 0.3) is 0 Å². The summed E-state index contributed by atoms with van der Waals surface area (Å²) in [6, 6.07) is 0. The predicted octanol–water partition coefficient (Wildman–Crippen LogP) is 6.07. The van der Waals surface area contributed by atoms with Gasteiger partial charge in [-0.15, -0.1) is 0 Å². The summed E-state index contributed by atoms with van der Waals surface area (Å²) in [5.41, 5.74) is 4.01. The van der Waals surface area contributed by atoms with Crippen LogP contribution in [-0.2, 0) is 14.3 Å². The third-order valence-electron chi connectivity index (χ3n) is 8.56. The lowest BCUT2D eigenvalue weighted by atomic mass is 9.60. The molecule has 2 fully saturated rings. The number of rotatable bonds is 3. The zero-order valence-electron chi connectivity index (χ0n) is 18.2. The number of allylic oxidation sites excluding steroid dienone is 5. The van der Waals surface area contributed by atoms with E-state index in [0.717, 1.165) is 32.1 Å². The Morgan fingerprint density at radius 3 is 2.73 bits per heavy atom. The van der Waals surface area contributed by atoms with E-state index in [1.54, 1.807) is 0 Å². The molecule has 4 heteroatoms. The highest BCUT2D eigenvalue weighted by Gasteiger charge is 2.53. The van der Waals surface area contributed by atoms with Gasteiger partial charge in [-0.3, -0.25) is 4.79 Å². The molecule has 3 unspecified atom stereocenters. The molecular formula is C26H34O4. The van der Waals surface area contributed by atoms with E-state index >= 15 is 0 Å². The van der Waals surface area contributed by atoms with E-state index in [-0.39, 0.29) is 17.3 Å². The van der Waals surface area contributed by atoms with Crippen molar-refractivity contribution in [1.29, 1.82) is 0 Å². The number of carbonyl (C=O) groups is 2. The largest absolute Gasteiger partial charge is 0.508 e. The summed E-state index contributed by atoms with van der Waals surface area (Å²) in [5.74, 6) is 1.81. The molecule has 5 rings (SSSR count). The van der Waals surface area contributed by atoms with Gasteiger partial charge in [0.05, 0.1) is 6.61 Å². The molecule has 0 spiro atoms. The quantitative estimate of drug-likeness (QED) is 0.530. The average molecular weight is 411 g/mol. The smallest absolute Gasteiger partial charge is 0.434 e. The van der Waals surface area contributed by atoms with Gasteiger partial charge in [-0.05, 0) is 85.5 Å². The minimum absolute atomic E-state index is 0.103. The van der Waals surface area contributed by atoms with Crippen LogP contribution in [0.3, 0.4) is 0 Å². The molecule has 0 aromatic carbocycles. The third-order valence-corrected chi connectivity index (χ3v) is 8.56. The van der Waals surface area contributed by atoms with Crippen molar-refractivity contribution in [2.75, 3.05) is 6.61 Å². The predicted molar refractivity (Wildman–Crippen MR) is 115 cm³/mol. The van der Waals surface area contributed by atoms with Gasteiger partial charge in [-0.2, -0.15) is 0 Å². The van der Waals surface area contributed by atoms with Gasteiger partial charge >= 0.3 is 6.16 Å². The zero-order valence-corrected chi connectivity index (χ0v) is 18.2. The van der Waals surface area contributed by atoms with Gasteiger partial charge in [-0.25, -0.2) is 4.79 Å². The van der Waals surface area contributed by atoms with Crippen molar-refractivity contribution in [2.24, 2.45) is 23.2 Å². The molecule has 5 aliphatic carbocycles. The molecule has 4 atom stereocenters. The van der Waals surface area contributed by atoms with Crippen molar-refractivity contribution in [3.05, 3.63) is 34.9 Å². The number of carbonyl (C=O) groups excluding carboxylic acids is 2. The number of fused-ring (bicyclic) bond motifs is 4. The Morgan fingerprint density at radius 2 is 1.90 bits per heavy atom. The Balaban J connectivity index is 1.28. The van der Waals surface area contributed by atoms with Gasteiger partial charge in [0.15, 0.2) is 5.78 Å². The second kappa shape index (κ2) is 8.01. The van der Waals surface area contributed by atoms with Crippen molar-refractivity contribution in [1.82, 2.24) is 0 Å². The molecule has 0 aromatic rings. The maximum Gasteiger partial charge on any atom is 0.508 e. The van der Waals surface area contributed by atoms with Gasteiger partial charge in [-0.1, -0.05) is 38.3 Å². The molecule has 30 heavy (non-hydrogen) atoms. The van der Waals surface area contributed by atoms with Crippen LogP contribution >= 0.6 is 0 Å². The molecule has 0 N–H and O–H groups in total. The van der Waals surface area contributed by atoms with E-state index in [1.807, 2.05) is 6.08 Å². The maximum atomic E-state index is 12.4. The van der Waals surface area contributed by atoms with E-state index in [2.05, 4.69) is 19.1 Å². The van der Waals surface area contributed by atoms with Crippen LogP contribution in [0.2, 0.25) is 0 Å². The fourth-order valence-electron chi connectivity index (χ4n) is 6.85. The lowest BCUT2D eigenvalue weighted by Crippen LogP contribution is -2.41. The average Bonchev–Trinajstić information content (AvgIpc) is 3.09. The lowest BCUT2D eigenvalue weighted by Gasteiger charge is -2.45. The summed E-state index contributed by atoms with van der Waals surface area (Å²) < 4.78 is 11.4. The van der Waals surface area contributed by atoms with Crippen molar-refractivity contribution < 1.29 is 19.1 Å². The fraction of sp³-hybridized carbons (Fsp3) is 0.692. The Kier molecular flexibility index (Phi) is 5.37. The number of ketones is 1. The van der Waals surface area contributed by atoms with Crippen molar-refractivity contribution in [2.45, 2.75) is 83.7 Å². The van der Waals surface area contributed by atoms with E-state index in [1.165, 1.54) is 48.8 Å². The highest BCUT2D eigenvalue weighted by atomic mass is 16.7. The van der Waals surface area contributed by atoms with Gasteiger partial charge in [0.2, 0.25) is 0 Å². The first-order valence-electron chi connectivity index (χ1n) is 12.0. The Bertz CT molecular complexity index is 813. The summed E-state index contributed by atoms with van der Waals surface area (Å²) in [6.07, 6.45) is 17.6. The van der Waals surface area contributed by atoms with Gasteiger partial charge in [0, 0.05) is 11.8 Å². The van der Waals surface area contributed by atoms with Crippen LogP contribution in [0.5, 0.6) is 0 Å². The monoisotopic (exact) mass is 410 g/mol. The molecule has 162 valence electrons. The SMILES string of the molecule is C[C@]12C=CC3=C4CCC(=O)C=C4CCC3C1CCC2OC(=O)OCC1CCCCC1. The van der Waals surface area contributed by atoms with Gasteiger partial charge in [0.1, 0.15) is 6.10 Å². The van der Waals surface area contributed by atoms with Crippen LogP contribution < -0.4 is 0 Å². The summed E-state index contributed by atoms with van der Waals surface area (Å²) in [7, 11) is 0. The van der Waals surface area contributed by atoms with Crippen LogP contribution in [0.4, 0.5) is 4.79 Å². The maximum absolute atomic E-state index is 12.4. The minimum Gasteiger partial charge on any atom is -0.434 e. The molecule has 0 heterocycles. The molecule has 4 nitrogen and oxygen atoms in total. The van der Waals surface area contributed by atoms with Crippen LogP contribution in [0.15, 0.2) is 34.9 Å². The first-order valence-corrected chi connectivity index (χ1v) is 12.0. The van der Waals surface area contributed by atoms with Gasteiger partial charge in [0.25, 0.3) is 0 Å². The highest BCUT2D eigenvalue weighted by molar-refractivity contribution is 5.93. The summed E-state index contributed by atoms with van der Waals surface area (Å²) in [5, 5.41) is 0. The molecule has 2 saturated carbocycles. The van der Waals surface area contributed by atoms with Crippen molar-refractivity contribution in [3.8, 4) is 0 Å². The Hall–Kier alpha value is -1.84. The van der Waals surface area contributed by atoms with Crippen LogP contribution in [0, 0.1) is 23.2 Å². The second-order valence-corrected chi connectivity index (χ2v) is 10.3. The van der Waals surface area contributed by atoms with Crippen molar-refractivity contribution in [3.63, 3.8) is 0 Å². The molecule has 0 amide bonds. The molecule has 0 aliphatic heterocycles. The molecule has 0 aromatic heterocycles. The topological polar surface area (TPSA) is 52.6 Å². The highest BCUT2D eigenvalue weighted by Crippen LogP contribution is 2.58. The summed E-state index contributed by atoms with van der Waals surface area (Å²) in [6.45, 7) is 2.77. The molecule has 0 saturated heterocycles. The van der Waals surface area contributed by atoms with Crippen molar-refractivity contribution >= 4 is 11.9 Å². The first-order chi connectivity index (χ1) is 14.5. The van der Waals surface area contributed by atoms with E-state index < -0.39 is 6.16 Å². The first kappa shape index (κ1) is 20.1. The number of hydrogen-bond donors (Lipinski definition) is 0. The fourth-order valence-corrected chi connectivity index (χ4v) is 6.85. The Morgan fingerprint density at radius 1 is 1.07 bits per heavy atom. The second-order valence-electron chi connectivity index (χ2n) is 10.3. The van der Waals surface area contributed by atoms with E-state index in [4.69, 9.17) is 9.47 Å². The lowest BCUT2D eigenvalue weighted by molar-refractivity contribution is -0.114. The van der Waals surface area contributed by atoms with Crippen LogP contribution in [0.1, 0.15) is 77.6 Å². The third kappa shape index (κ3) is 3.56. The summed E-state index contributed by atoms with van der Waals surface area (Å²) >= 11 is 0. The molecule has 5 aliphatic rings. The van der Waals surface area contributed by atoms with Crippen LogP contribution in [-0.4, -0.2) is 24.6 Å². The van der Waals surface area contributed by atoms with E-state index in [9.17, 15) is 9.59 Å². The molecular weight excluding hydrogens is 376 g/mol. The zero-order chi connectivity index (χ0) is 20.7. The normalized spacial score (nSPS) is 36.0. The number of hydrogen-bond acceptors (Lipinski definition) is 4. The molecule has 0 radical (unpaired) electrons. The van der Waals surface area contributed by atoms with Gasteiger partial charge < -0.3 is 9.47 Å². The standard InChI is InChI=1S/C26H34O4/c1-26-14-13-21-20-10-8-19(27)15-18(20)7-9-22(21)23(26)11-12-24(26)30-25(28)29-16-17-5-3-2-4-6-17/h13-15,17,22-24H,2-12,16H2,1H3/t22?,23?,24?,26-/m0/s1. The Labute approximate surface area is 179 Å². The van der Waals surface area contributed by atoms with E-state index in [0.29, 0.717) is 30.8 Å². The minimum atomic E-state index is -0.482. The molecule has 0 bridgehead atoms.